The molecule has 3 N–H and O–H groups in total. The highest BCUT2D eigenvalue weighted by atomic mass is 19.1. The van der Waals surface area contributed by atoms with E-state index in [4.69, 9.17) is 11.3 Å². The van der Waals surface area contributed by atoms with E-state index in [2.05, 4.69) is 14.9 Å². The zero-order chi connectivity index (χ0) is 15.5. The molecule has 6 heteroatoms. The van der Waals surface area contributed by atoms with Gasteiger partial charge in [0.25, 0.3) is 0 Å². The van der Waals surface area contributed by atoms with E-state index in [9.17, 15) is 4.39 Å². The van der Waals surface area contributed by atoms with Crippen LogP contribution in [0.3, 0.4) is 0 Å². The monoisotopic (exact) mass is 295 g/mol. The molecule has 0 amide bonds. The number of fused-ring (bicyclic) bond motifs is 1. The average Bonchev–Trinajstić information content (AvgIpc) is 2.92. The van der Waals surface area contributed by atoms with Crippen LogP contribution < -0.4 is 5.84 Å². The molecular weight excluding hydrogens is 281 g/mol. The van der Waals surface area contributed by atoms with Crippen molar-refractivity contribution >= 4 is 16.7 Å². The molecule has 0 saturated heterocycles. The maximum absolute atomic E-state index is 12.9. The zero-order valence-corrected chi connectivity index (χ0v) is 11.7. The number of nitrogens with one attached hydrogen (secondary N) is 1. The Bertz CT molecular complexity index is 849. The van der Waals surface area contributed by atoms with Gasteiger partial charge in [-0.2, -0.15) is 0 Å². The summed E-state index contributed by atoms with van der Waals surface area (Å²) in [6, 6.07) is 14.0. The van der Waals surface area contributed by atoms with Gasteiger partial charge in [0.1, 0.15) is 5.82 Å². The van der Waals surface area contributed by atoms with Gasteiger partial charge in [-0.3, -0.25) is 5.41 Å². The lowest BCUT2D eigenvalue weighted by Crippen LogP contribution is -1.99. The zero-order valence-electron chi connectivity index (χ0n) is 11.7. The summed E-state index contributed by atoms with van der Waals surface area (Å²) in [6.07, 6.45) is 1.96. The first-order chi connectivity index (χ1) is 10.7. The van der Waals surface area contributed by atoms with Crippen molar-refractivity contribution in [3.63, 3.8) is 0 Å². The van der Waals surface area contributed by atoms with Gasteiger partial charge in [-0.25, -0.2) is 4.39 Å². The van der Waals surface area contributed by atoms with Gasteiger partial charge in [0.2, 0.25) is 0 Å². The maximum Gasteiger partial charge on any atom is 0.176 e. The Hall–Kier alpha value is -3.02. The van der Waals surface area contributed by atoms with E-state index in [-0.39, 0.29) is 11.7 Å². The van der Waals surface area contributed by atoms with Gasteiger partial charge in [-0.05, 0) is 42.0 Å². The van der Waals surface area contributed by atoms with E-state index < -0.39 is 0 Å². The molecule has 1 heterocycles. The first-order valence-corrected chi connectivity index (χ1v) is 6.70. The highest BCUT2D eigenvalue weighted by molar-refractivity contribution is 6.00. The molecular formula is C16H14FN5. The number of benzene rings is 2. The van der Waals surface area contributed by atoms with Crippen LogP contribution in [0, 0.1) is 11.2 Å². The van der Waals surface area contributed by atoms with Crippen molar-refractivity contribution < 1.29 is 4.39 Å². The summed E-state index contributed by atoms with van der Waals surface area (Å²) in [6.45, 7) is 0.656. The van der Waals surface area contributed by atoms with E-state index >= 15 is 0 Å². The molecule has 2 aromatic carbocycles. The number of hydrogen-bond acceptors (Lipinski definition) is 2. The molecule has 0 unspecified atom stereocenters. The van der Waals surface area contributed by atoms with Crippen molar-refractivity contribution in [1.82, 2.24) is 4.57 Å². The molecule has 110 valence electrons. The van der Waals surface area contributed by atoms with E-state index in [1.165, 1.54) is 12.1 Å². The molecule has 0 aliphatic rings. The van der Waals surface area contributed by atoms with Crippen molar-refractivity contribution in [3.05, 3.63) is 71.7 Å². The molecule has 0 fully saturated rings. The molecule has 5 nitrogen and oxygen atoms in total. The summed E-state index contributed by atoms with van der Waals surface area (Å²) < 4.78 is 15.0. The molecule has 0 spiro atoms. The number of rotatable bonds is 3. The van der Waals surface area contributed by atoms with Crippen molar-refractivity contribution in [2.24, 2.45) is 16.2 Å². The highest BCUT2D eigenvalue weighted by Gasteiger charge is 2.06. The number of nitrogens with zero attached hydrogens (tertiary/aromatic N) is 3. The molecule has 0 bridgehead atoms. The van der Waals surface area contributed by atoms with Gasteiger partial charge in [0.05, 0.1) is 0 Å². The first kappa shape index (κ1) is 13.9. The summed E-state index contributed by atoms with van der Waals surface area (Å²) in [5, 5.41) is 15.4. The Kier molecular flexibility index (Phi) is 3.65. The molecule has 0 radical (unpaired) electrons. The highest BCUT2D eigenvalue weighted by Crippen LogP contribution is 2.19. The van der Waals surface area contributed by atoms with Crippen molar-refractivity contribution in [1.29, 1.82) is 5.41 Å². The molecule has 1 aromatic heterocycles. The van der Waals surface area contributed by atoms with Crippen molar-refractivity contribution in [2.75, 3.05) is 0 Å². The van der Waals surface area contributed by atoms with Crippen LogP contribution in [-0.4, -0.2) is 10.4 Å². The van der Waals surface area contributed by atoms with Crippen LogP contribution in [-0.2, 0) is 6.54 Å². The lowest BCUT2D eigenvalue weighted by Gasteiger charge is -2.06. The minimum Gasteiger partial charge on any atom is -0.343 e. The fraction of sp³-hybridized carbons (Fsp3) is 0.0625. The summed E-state index contributed by atoms with van der Waals surface area (Å²) in [4.78, 5) is 0. The van der Waals surface area contributed by atoms with Crippen LogP contribution in [0.15, 0.2) is 65.1 Å². The van der Waals surface area contributed by atoms with Crippen molar-refractivity contribution in [2.45, 2.75) is 6.54 Å². The third kappa shape index (κ3) is 2.71. The molecule has 0 aliphatic heterocycles. The normalized spacial score (nSPS) is 11.3. The summed E-state index contributed by atoms with van der Waals surface area (Å²) in [5.41, 5.74) is 2.71. The van der Waals surface area contributed by atoms with Gasteiger partial charge < -0.3 is 10.4 Å². The Morgan fingerprint density at radius 2 is 1.91 bits per heavy atom. The van der Waals surface area contributed by atoms with E-state index in [0.717, 1.165) is 16.5 Å². The number of aromatic nitrogens is 1. The smallest absolute Gasteiger partial charge is 0.176 e. The van der Waals surface area contributed by atoms with Crippen LogP contribution >= 0.6 is 0 Å². The fourth-order valence-corrected chi connectivity index (χ4v) is 2.39. The molecule has 0 atom stereocenters. The fourth-order valence-electron chi connectivity index (χ4n) is 2.39. The minimum atomic E-state index is -0.238. The Morgan fingerprint density at radius 3 is 2.64 bits per heavy atom. The SMILES string of the molecule is N=C(N=NN)c1ccc2c(ccn2Cc2ccc(F)cc2)c1. The number of nitrogens with two attached hydrogens (primary N) is 1. The van der Waals surface area contributed by atoms with Gasteiger partial charge >= 0.3 is 0 Å². The van der Waals surface area contributed by atoms with Gasteiger partial charge in [0, 0.05) is 29.2 Å². The Morgan fingerprint density at radius 1 is 1.14 bits per heavy atom. The predicted octanol–water partition coefficient (Wildman–Crippen LogP) is 3.48. The van der Waals surface area contributed by atoms with Crippen LogP contribution in [0.1, 0.15) is 11.1 Å². The number of halogens is 1. The number of amidine groups is 1. The second-order valence-corrected chi connectivity index (χ2v) is 4.91. The van der Waals surface area contributed by atoms with Crippen molar-refractivity contribution in [3.8, 4) is 0 Å². The van der Waals surface area contributed by atoms with Gasteiger partial charge in [-0.15, -0.1) is 5.11 Å². The standard InChI is InChI=1S/C16H14FN5/c17-14-4-1-11(2-5-14)10-22-8-7-12-9-13(3-6-15(12)22)16(18)20-21-19/h1-9H,10H2,(H3,18,19,20). The van der Waals surface area contributed by atoms with Gasteiger partial charge in [0.15, 0.2) is 5.84 Å². The van der Waals surface area contributed by atoms with E-state index in [1.54, 1.807) is 18.2 Å². The summed E-state index contributed by atoms with van der Waals surface area (Å²) in [5.74, 6) is 4.75. The summed E-state index contributed by atoms with van der Waals surface area (Å²) >= 11 is 0. The molecule has 3 aromatic rings. The Labute approximate surface area is 126 Å². The van der Waals surface area contributed by atoms with Crippen LogP contribution in [0.4, 0.5) is 4.39 Å². The number of hydrogen-bond donors (Lipinski definition) is 2. The van der Waals surface area contributed by atoms with Gasteiger partial charge in [-0.1, -0.05) is 17.4 Å². The van der Waals surface area contributed by atoms with Crippen LogP contribution in [0.2, 0.25) is 0 Å². The minimum absolute atomic E-state index is 0.0238. The third-order valence-electron chi connectivity index (χ3n) is 3.47. The lowest BCUT2D eigenvalue weighted by atomic mass is 10.1. The third-order valence-corrected chi connectivity index (χ3v) is 3.47. The molecule has 22 heavy (non-hydrogen) atoms. The molecule has 0 saturated carbocycles. The maximum atomic E-state index is 12.9. The Balaban J connectivity index is 1.92. The summed E-state index contributed by atoms with van der Waals surface area (Å²) in [7, 11) is 0. The predicted molar refractivity (Wildman–Crippen MR) is 83.3 cm³/mol. The second kappa shape index (κ2) is 5.77. The van der Waals surface area contributed by atoms with Crippen LogP contribution in [0.25, 0.3) is 10.9 Å². The van der Waals surface area contributed by atoms with Crippen LogP contribution in [0.5, 0.6) is 0 Å². The lowest BCUT2D eigenvalue weighted by molar-refractivity contribution is 0.626. The second-order valence-electron chi connectivity index (χ2n) is 4.91. The largest absolute Gasteiger partial charge is 0.343 e. The first-order valence-electron chi connectivity index (χ1n) is 6.70. The average molecular weight is 295 g/mol. The van der Waals surface area contributed by atoms with E-state index in [1.807, 2.05) is 24.4 Å². The quantitative estimate of drug-likeness (QED) is 0.250. The topological polar surface area (TPSA) is 79.5 Å². The molecule has 3 rings (SSSR count). The van der Waals surface area contributed by atoms with E-state index in [0.29, 0.717) is 12.1 Å². The molecule has 0 aliphatic carbocycles.